The Hall–Kier alpha value is -1.92. The molecule has 26 heavy (non-hydrogen) atoms. The van der Waals surface area contributed by atoms with E-state index in [2.05, 4.69) is 10.6 Å². The van der Waals surface area contributed by atoms with Gasteiger partial charge in [-0.15, -0.1) is 0 Å². The van der Waals surface area contributed by atoms with Gasteiger partial charge in [0.25, 0.3) is 0 Å². The number of carbonyl (C=O) groups is 2. The van der Waals surface area contributed by atoms with Crippen LogP contribution >= 0.6 is 0 Å². The summed E-state index contributed by atoms with van der Waals surface area (Å²) in [5, 5.41) is 23.9. The average molecular weight is 364 g/mol. The van der Waals surface area contributed by atoms with E-state index >= 15 is 0 Å². The predicted octanol–water partition coefficient (Wildman–Crippen LogP) is 2.68. The van der Waals surface area contributed by atoms with Crippen LogP contribution in [-0.4, -0.2) is 46.3 Å². The summed E-state index contributed by atoms with van der Waals surface area (Å²) in [5.41, 5.74) is -0.296. The number of hydrogen-bond acceptors (Lipinski definition) is 4. The maximum atomic E-state index is 11.3. The highest BCUT2D eigenvalue weighted by atomic mass is 16.4. The zero-order valence-corrected chi connectivity index (χ0v) is 16.0. The number of nitrogens with one attached hydrogen (secondary N) is 2. The molecule has 0 unspecified atom stereocenters. The number of carboxylic acid groups (broad SMARTS) is 2. The van der Waals surface area contributed by atoms with Crippen molar-refractivity contribution in [1.82, 2.24) is 10.6 Å². The summed E-state index contributed by atoms with van der Waals surface area (Å²) in [7, 11) is 0. The van der Waals surface area contributed by atoms with Gasteiger partial charge in [-0.05, 0) is 51.3 Å². The highest BCUT2D eigenvalue weighted by molar-refractivity contribution is 5.79. The molecule has 6 heteroatoms. The first-order valence-electron chi connectivity index (χ1n) is 9.39. The first-order valence-corrected chi connectivity index (χ1v) is 9.39. The molecule has 0 aromatic heterocycles. The van der Waals surface area contributed by atoms with Gasteiger partial charge in [0.2, 0.25) is 0 Å². The zero-order chi connectivity index (χ0) is 19.6. The van der Waals surface area contributed by atoms with E-state index in [-0.39, 0.29) is 0 Å². The zero-order valence-electron chi connectivity index (χ0n) is 16.0. The van der Waals surface area contributed by atoms with Crippen LogP contribution in [0.25, 0.3) is 0 Å². The molecule has 2 aliphatic heterocycles. The van der Waals surface area contributed by atoms with E-state index in [9.17, 15) is 14.7 Å². The predicted molar refractivity (Wildman–Crippen MR) is 102 cm³/mol. The molecular formula is C20H32N2O4. The minimum absolute atomic E-state index is 0.573. The fraction of sp³-hybridized carbons (Fsp3) is 0.600. The van der Waals surface area contributed by atoms with Gasteiger partial charge in [-0.3, -0.25) is 9.59 Å². The maximum absolute atomic E-state index is 11.3. The fourth-order valence-corrected chi connectivity index (χ4v) is 3.24. The first-order chi connectivity index (χ1) is 12.4. The van der Waals surface area contributed by atoms with Gasteiger partial charge < -0.3 is 20.8 Å². The Labute approximate surface area is 156 Å². The molecule has 0 amide bonds. The summed E-state index contributed by atoms with van der Waals surface area (Å²) < 4.78 is 0. The van der Waals surface area contributed by atoms with Crippen molar-refractivity contribution in [3.8, 4) is 0 Å². The Morgan fingerprint density at radius 3 is 1.92 bits per heavy atom. The lowest BCUT2D eigenvalue weighted by Crippen LogP contribution is -2.49. The van der Waals surface area contributed by atoms with E-state index < -0.39 is 23.0 Å². The van der Waals surface area contributed by atoms with Crippen LogP contribution in [-0.2, 0) is 16.0 Å². The molecule has 2 saturated heterocycles. The van der Waals surface area contributed by atoms with Gasteiger partial charge in [0.15, 0.2) is 0 Å². The first kappa shape index (κ1) is 22.1. The number of aliphatic carboxylic acids is 2. The molecule has 146 valence electrons. The summed E-state index contributed by atoms with van der Waals surface area (Å²) in [6.07, 6.45) is 3.96. The van der Waals surface area contributed by atoms with Crippen molar-refractivity contribution in [2.45, 2.75) is 64.0 Å². The van der Waals surface area contributed by atoms with Gasteiger partial charge in [-0.25, -0.2) is 0 Å². The normalized spacial score (nSPS) is 26.9. The SMILES string of the molecule is CC.C[C@@]1(C(=O)O)CCCN1.O=C(O)[C@]1(Cc2ccccc2)CCCN1. The smallest absolute Gasteiger partial charge is 0.324 e. The van der Waals surface area contributed by atoms with Crippen LogP contribution in [0, 0.1) is 0 Å². The van der Waals surface area contributed by atoms with Crippen LogP contribution in [0.4, 0.5) is 0 Å². The van der Waals surface area contributed by atoms with Crippen LogP contribution in [0.2, 0.25) is 0 Å². The third-order valence-corrected chi connectivity index (χ3v) is 4.84. The van der Waals surface area contributed by atoms with E-state index in [0.717, 1.165) is 44.3 Å². The lowest BCUT2D eigenvalue weighted by molar-refractivity contribution is -0.144. The van der Waals surface area contributed by atoms with E-state index in [1.54, 1.807) is 6.92 Å². The van der Waals surface area contributed by atoms with Crippen molar-refractivity contribution in [2.75, 3.05) is 13.1 Å². The number of benzene rings is 1. The molecule has 3 rings (SSSR count). The highest BCUT2D eigenvalue weighted by Crippen LogP contribution is 2.24. The fourth-order valence-electron chi connectivity index (χ4n) is 3.24. The molecule has 0 spiro atoms. The van der Waals surface area contributed by atoms with E-state index in [1.165, 1.54) is 0 Å². The van der Waals surface area contributed by atoms with E-state index in [4.69, 9.17) is 5.11 Å². The van der Waals surface area contributed by atoms with E-state index in [0.29, 0.717) is 6.42 Å². The molecule has 0 bridgehead atoms. The van der Waals surface area contributed by atoms with Crippen LogP contribution in [0.3, 0.4) is 0 Å². The molecule has 2 aliphatic rings. The monoisotopic (exact) mass is 364 g/mol. The lowest BCUT2D eigenvalue weighted by Gasteiger charge is -2.24. The molecule has 0 saturated carbocycles. The van der Waals surface area contributed by atoms with Gasteiger partial charge in [-0.2, -0.15) is 0 Å². The second-order valence-corrected chi connectivity index (χ2v) is 6.75. The minimum Gasteiger partial charge on any atom is -0.480 e. The molecule has 1 aromatic carbocycles. The number of rotatable bonds is 4. The topological polar surface area (TPSA) is 98.7 Å². The third-order valence-electron chi connectivity index (χ3n) is 4.84. The third kappa shape index (κ3) is 5.81. The van der Waals surface area contributed by atoms with Crippen molar-refractivity contribution in [1.29, 1.82) is 0 Å². The van der Waals surface area contributed by atoms with E-state index in [1.807, 2.05) is 44.2 Å². The van der Waals surface area contributed by atoms with Crippen LogP contribution in [0.1, 0.15) is 52.0 Å². The van der Waals surface area contributed by atoms with Crippen LogP contribution in [0.15, 0.2) is 30.3 Å². The molecule has 4 N–H and O–H groups in total. The van der Waals surface area contributed by atoms with Gasteiger partial charge in [0.1, 0.15) is 11.1 Å². The Kier molecular flexibility index (Phi) is 8.75. The highest BCUT2D eigenvalue weighted by Gasteiger charge is 2.40. The largest absolute Gasteiger partial charge is 0.480 e. The molecule has 2 heterocycles. The second kappa shape index (κ2) is 10.3. The van der Waals surface area contributed by atoms with Gasteiger partial charge >= 0.3 is 11.9 Å². The minimum atomic E-state index is -0.736. The molecule has 1 aromatic rings. The molecule has 2 fully saturated rings. The van der Waals surface area contributed by atoms with Crippen molar-refractivity contribution in [2.24, 2.45) is 0 Å². The van der Waals surface area contributed by atoms with Gasteiger partial charge in [0, 0.05) is 6.42 Å². The van der Waals surface area contributed by atoms with Gasteiger partial charge in [-0.1, -0.05) is 44.2 Å². The maximum Gasteiger partial charge on any atom is 0.324 e. The Bertz CT molecular complexity index is 562. The van der Waals surface area contributed by atoms with Crippen molar-refractivity contribution in [3.63, 3.8) is 0 Å². The summed E-state index contributed by atoms with van der Waals surface area (Å²) in [4.78, 5) is 21.7. The lowest BCUT2D eigenvalue weighted by atomic mass is 9.89. The summed E-state index contributed by atoms with van der Waals surface area (Å²) in [5.74, 6) is -1.47. The van der Waals surface area contributed by atoms with Crippen molar-refractivity contribution >= 4 is 11.9 Å². The molecule has 6 nitrogen and oxygen atoms in total. The van der Waals surface area contributed by atoms with Crippen molar-refractivity contribution in [3.05, 3.63) is 35.9 Å². The summed E-state index contributed by atoms with van der Waals surface area (Å²) in [6, 6.07) is 9.79. The second-order valence-electron chi connectivity index (χ2n) is 6.75. The Morgan fingerprint density at radius 2 is 1.54 bits per heavy atom. The molecule has 0 aliphatic carbocycles. The number of hydrogen-bond donors (Lipinski definition) is 4. The van der Waals surface area contributed by atoms with Crippen LogP contribution in [0.5, 0.6) is 0 Å². The standard InChI is InChI=1S/C12H15NO2.C6H11NO2.C2H6/c14-11(15)12(7-4-8-13-12)9-10-5-2-1-3-6-10;1-6(5(8)9)3-2-4-7-6;1-2/h1-3,5-6,13H,4,7-9H2,(H,14,15);7H,2-4H2,1H3,(H,8,9);1-2H3/t12-;6-;/m10./s1. The Morgan fingerprint density at radius 1 is 0.962 bits per heavy atom. The van der Waals surface area contributed by atoms with Gasteiger partial charge in [0.05, 0.1) is 0 Å². The quantitative estimate of drug-likeness (QED) is 0.656. The average Bonchev–Trinajstić information content (AvgIpc) is 3.29. The summed E-state index contributed by atoms with van der Waals surface area (Å²) >= 11 is 0. The number of carboxylic acids is 2. The molecular weight excluding hydrogens is 332 g/mol. The Balaban J connectivity index is 0.000000263. The summed E-state index contributed by atoms with van der Waals surface area (Å²) in [6.45, 7) is 7.37. The van der Waals surface area contributed by atoms with Crippen molar-refractivity contribution < 1.29 is 19.8 Å². The molecule has 2 atom stereocenters. The molecule has 0 radical (unpaired) electrons. The van der Waals surface area contributed by atoms with Crippen LogP contribution < -0.4 is 10.6 Å².